The summed E-state index contributed by atoms with van der Waals surface area (Å²) in [6, 6.07) is 9.36. The van der Waals surface area contributed by atoms with E-state index in [9.17, 15) is 4.79 Å². The van der Waals surface area contributed by atoms with Crippen LogP contribution < -0.4 is 5.56 Å². The normalized spacial score (nSPS) is 12.2. The third-order valence-corrected chi connectivity index (χ3v) is 3.79. The van der Waals surface area contributed by atoms with Crippen LogP contribution in [-0.4, -0.2) is 28.5 Å². The molecule has 0 radical (unpaired) electrons. The SMILES string of the molecule is COCCn1c(S[C@@H](C)C#N)nc2ccccc2c1=O. The molecule has 2 rings (SSSR count). The molecule has 1 heterocycles. The van der Waals surface area contributed by atoms with Crippen molar-refractivity contribution in [2.24, 2.45) is 0 Å². The van der Waals surface area contributed by atoms with E-state index in [1.54, 1.807) is 30.7 Å². The largest absolute Gasteiger partial charge is 0.383 e. The fraction of sp³-hybridized carbons (Fsp3) is 0.357. The van der Waals surface area contributed by atoms with E-state index in [-0.39, 0.29) is 10.8 Å². The molecule has 104 valence electrons. The number of rotatable bonds is 5. The van der Waals surface area contributed by atoms with Crippen molar-refractivity contribution in [1.29, 1.82) is 5.26 Å². The lowest BCUT2D eigenvalue weighted by atomic mass is 10.2. The van der Waals surface area contributed by atoms with Crippen molar-refractivity contribution < 1.29 is 4.74 Å². The molecule has 1 aromatic carbocycles. The quantitative estimate of drug-likeness (QED) is 0.622. The van der Waals surface area contributed by atoms with Crippen LogP contribution in [0.3, 0.4) is 0 Å². The van der Waals surface area contributed by atoms with Gasteiger partial charge in [0.15, 0.2) is 5.16 Å². The lowest BCUT2D eigenvalue weighted by molar-refractivity contribution is 0.183. The molecule has 0 saturated heterocycles. The standard InChI is InChI=1S/C14H15N3O2S/c1-10(9-15)20-14-16-12-6-4-3-5-11(12)13(18)17(14)7-8-19-2/h3-6,10H,7-8H2,1-2H3/t10-/m0/s1. The second kappa shape index (κ2) is 6.55. The number of methoxy groups -OCH3 is 1. The predicted molar refractivity (Wildman–Crippen MR) is 78.8 cm³/mol. The molecule has 1 atom stereocenters. The Morgan fingerprint density at radius 2 is 2.25 bits per heavy atom. The van der Waals surface area contributed by atoms with E-state index in [2.05, 4.69) is 11.1 Å². The van der Waals surface area contributed by atoms with Crippen molar-refractivity contribution in [2.45, 2.75) is 23.9 Å². The number of fused-ring (bicyclic) bond motifs is 1. The van der Waals surface area contributed by atoms with Gasteiger partial charge in [0.25, 0.3) is 5.56 Å². The van der Waals surface area contributed by atoms with Crippen LogP contribution in [0.4, 0.5) is 0 Å². The second-order valence-corrected chi connectivity index (χ2v) is 5.56. The first-order valence-electron chi connectivity index (χ1n) is 6.22. The number of ether oxygens (including phenoxy) is 1. The predicted octanol–water partition coefficient (Wildman–Crippen LogP) is 2.05. The molecule has 0 aliphatic carbocycles. The Labute approximate surface area is 121 Å². The Bertz CT molecular complexity index is 706. The minimum Gasteiger partial charge on any atom is -0.383 e. The third kappa shape index (κ3) is 3.00. The number of hydrogen-bond acceptors (Lipinski definition) is 5. The Kier molecular flexibility index (Phi) is 4.77. The highest BCUT2D eigenvalue weighted by Gasteiger charge is 2.13. The van der Waals surface area contributed by atoms with Crippen molar-refractivity contribution in [2.75, 3.05) is 13.7 Å². The van der Waals surface area contributed by atoms with Crippen LogP contribution in [-0.2, 0) is 11.3 Å². The molecule has 20 heavy (non-hydrogen) atoms. The molecule has 0 aliphatic heterocycles. The Balaban J connectivity index is 2.57. The number of benzene rings is 1. The summed E-state index contributed by atoms with van der Waals surface area (Å²) >= 11 is 1.28. The van der Waals surface area contributed by atoms with Gasteiger partial charge >= 0.3 is 0 Å². The number of hydrogen-bond donors (Lipinski definition) is 0. The zero-order valence-electron chi connectivity index (χ0n) is 11.4. The number of para-hydroxylation sites is 1. The first kappa shape index (κ1) is 14.6. The van der Waals surface area contributed by atoms with E-state index < -0.39 is 0 Å². The van der Waals surface area contributed by atoms with Gasteiger partial charge in [-0.25, -0.2) is 4.98 Å². The molecule has 0 fully saturated rings. The minimum atomic E-state index is -0.267. The highest BCUT2D eigenvalue weighted by molar-refractivity contribution is 8.00. The maximum absolute atomic E-state index is 12.5. The lowest BCUT2D eigenvalue weighted by Gasteiger charge is -2.13. The fourth-order valence-corrected chi connectivity index (χ4v) is 2.62. The Morgan fingerprint density at radius 3 is 2.95 bits per heavy atom. The lowest BCUT2D eigenvalue weighted by Crippen LogP contribution is -2.25. The van der Waals surface area contributed by atoms with Crippen molar-refractivity contribution in [1.82, 2.24) is 9.55 Å². The van der Waals surface area contributed by atoms with Crippen LogP contribution in [0.25, 0.3) is 10.9 Å². The van der Waals surface area contributed by atoms with Gasteiger partial charge in [-0.05, 0) is 19.1 Å². The first-order valence-corrected chi connectivity index (χ1v) is 7.10. The van der Waals surface area contributed by atoms with E-state index in [0.717, 1.165) is 0 Å². The molecule has 1 aromatic heterocycles. The summed E-state index contributed by atoms with van der Waals surface area (Å²) in [6.45, 7) is 2.63. The highest BCUT2D eigenvalue weighted by Crippen LogP contribution is 2.21. The second-order valence-electron chi connectivity index (χ2n) is 4.25. The molecular weight excluding hydrogens is 274 g/mol. The van der Waals surface area contributed by atoms with Gasteiger partial charge in [-0.3, -0.25) is 9.36 Å². The maximum Gasteiger partial charge on any atom is 0.262 e. The maximum atomic E-state index is 12.5. The molecule has 0 saturated carbocycles. The number of thioether (sulfide) groups is 1. The summed E-state index contributed by atoms with van der Waals surface area (Å²) in [5.41, 5.74) is 0.555. The highest BCUT2D eigenvalue weighted by atomic mass is 32.2. The topological polar surface area (TPSA) is 67.9 Å². The van der Waals surface area contributed by atoms with Crippen molar-refractivity contribution >= 4 is 22.7 Å². The molecule has 6 heteroatoms. The van der Waals surface area contributed by atoms with Crippen LogP contribution in [0.15, 0.2) is 34.2 Å². The smallest absolute Gasteiger partial charge is 0.262 e. The molecule has 0 unspecified atom stereocenters. The monoisotopic (exact) mass is 289 g/mol. The van der Waals surface area contributed by atoms with Crippen molar-refractivity contribution in [3.8, 4) is 6.07 Å². The van der Waals surface area contributed by atoms with Crippen LogP contribution in [0, 0.1) is 11.3 Å². The van der Waals surface area contributed by atoms with Gasteiger partial charge in [0, 0.05) is 7.11 Å². The van der Waals surface area contributed by atoms with E-state index >= 15 is 0 Å². The number of nitrogens with zero attached hydrogens (tertiary/aromatic N) is 3. The minimum absolute atomic E-state index is 0.0970. The molecule has 0 bridgehead atoms. The summed E-state index contributed by atoms with van der Waals surface area (Å²) in [5.74, 6) is 0. The number of nitriles is 1. The van der Waals surface area contributed by atoms with E-state index in [1.165, 1.54) is 11.8 Å². The Morgan fingerprint density at radius 1 is 1.50 bits per heavy atom. The van der Waals surface area contributed by atoms with E-state index in [4.69, 9.17) is 10.00 Å². The van der Waals surface area contributed by atoms with Gasteiger partial charge in [0.05, 0.1) is 35.4 Å². The zero-order chi connectivity index (χ0) is 14.5. The molecular formula is C14H15N3O2S. The van der Waals surface area contributed by atoms with Gasteiger partial charge in [-0.15, -0.1) is 0 Å². The summed E-state index contributed by atoms with van der Waals surface area (Å²) < 4.78 is 6.61. The van der Waals surface area contributed by atoms with Gasteiger partial charge < -0.3 is 4.74 Å². The summed E-state index contributed by atoms with van der Waals surface area (Å²) in [6.07, 6.45) is 0. The molecule has 5 nitrogen and oxygen atoms in total. The van der Waals surface area contributed by atoms with Crippen LogP contribution in [0.5, 0.6) is 0 Å². The third-order valence-electron chi connectivity index (χ3n) is 2.81. The van der Waals surface area contributed by atoms with Gasteiger partial charge in [-0.2, -0.15) is 5.26 Å². The van der Waals surface area contributed by atoms with Crippen LogP contribution in [0.2, 0.25) is 0 Å². The van der Waals surface area contributed by atoms with Crippen molar-refractivity contribution in [3.63, 3.8) is 0 Å². The van der Waals surface area contributed by atoms with Gasteiger partial charge in [0.2, 0.25) is 0 Å². The summed E-state index contributed by atoms with van der Waals surface area (Å²) in [5, 5.41) is 9.80. The molecule has 2 aromatic rings. The summed E-state index contributed by atoms with van der Waals surface area (Å²) in [7, 11) is 1.59. The molecule has 0 aliphatic rings. The van der Waals surface area contributed by atoms with Crippen LogP contribution >= 0.6 is 11.8 Å². The fourth-order valence-electron chi connectivity index (χ4n) is 1.80. The zero-order valence-corrected chi connectivity index (χ0v) is 12.2. The van der Waals surface area contributed by atoms with Crippen molar-refractivity contribution in [3.05, 3.63) is 34.6 Å². The van der Waals surface area contributed by atoms with Gasteiger partial charge in [-0.1, -0.05) is 23.9 Å². The van der Waals surface area contributed by atoms with Crippen LogP contribution in [0.1, 0.15) is 6.92 Å². The molecule has 0 N–H and O–H groups in total. The first-order chi connectivity index (χ1) is 9.67. The molecule has 0 spiro atoms. The average molecular weight is 289 g/mol. The number of aromatic nitrogens is 2. The summed E-state index contributed by atoms with van der Waals surface area (Å²) in [4.78, 5) is 17.0. The van der Waals surface area contributed by atoms with E-state index in [1.807, 2.05) is 12.1 Å². The molecule has 0 amide bonds. The average Bonchev–Trinajstić information content (AvgIpc) is 2.47. The Hall–Kier alpha value is -1.84. The van der Waals surface area contributed by atoms with E-state index in [0.29, 0.717) is 29.2 Å². The van der Waals surface area contributed by atoms with Gasteiger partial charge in [0.1, 0.15) is 0 Å².